The number of halogens is 1. The van der Waals surface area contributed by atoms with E-state index in [1.54, 1.807) is 36.6 Å². The van der Waals surface area contributed by atoms with Gasteiger partial charge in [0.25, 0.3) is 11.1 Å². The van der Waals surface area contributed by atoms with Gasteiger partial charge in [0, 0.05) is 0 Å². The maximum atomic E-state index is 12.9. The molecule has 0 spiro atoms. The quantitative estimate of drug-likeness (QED) is 0.796. The average Bonchev–Trinajstić information content (AvgIpc) is 3.10. The van der Waals surface area contributed by atoms with Crippen molar-refractivity contribution in [2.24, 2.45) is 0 Å². The molecule has 110 valence electrons. The molecule has 3 rings (SSSR count). The highest BCUT2D eigenvalue weighted by Crippen LogP contribution is 2.34. The number of nitrogens with zero attached hydrogens (tertiary/aromatic N) is 1. The highest BCUT2D eigenvalue weighted by atomic mass is 32.2. The summed E-state index contributed by atoms with van der Waals surface area (Å²) in [6.45, 7) is 0. The van der Waals surface area contributed by atoms with E-state index in [0.717, 1.165) is 16.7 Å². The maximum Gasteiger partial charge on any atom is 0.298 e. The Labute approximate surface area is 129 Å². The molecule has 0 saturated carbocycles. The second kappa shape index (κ2) is 6.03. The molecule has 1 fully saturated rings. The Balaban J connectivity index is 1.80. The number of rotatable bonds is 3. The van der Waals surface area contributed by atoms with E-state index >= 15 is 0 Å². The van der Waals surface area contributed by atoms with Crippen LogP contribution in [0.25, 0.3) is 6.08 Å². The van der Waals surface area contributed by atoms with Gasteiger partial charge < -0.3 is 4.42 Å². The molecule has 1 saturated heterocycles. The molecular formula is C16H10FNO3S. The van der Waals surface area contributed by atoms with Gasteiger partial charge in [0.1, 0.15) is 11.6 Å². The van der Waals surface area contributed by atoms with Crippen LogP contribution in [0.5, 0.6) is 0 Å². The number of thioether (sulfide) groups is 1. The third-order valence-electron chi connectivity index (χ3n) is 2.93. The summed E-state index contributed by atoms with van der Waals surface area (Å²) in [4.78, 5) is 25.5. The van der Waals surface area contributed by atoms with Crippen molar-refractivity contribution in [2.75, 3.05) is 4.90 Å². The second-order valence-electron chi connectivity index (χ2n) is 4.39. The average molecular weight is 315 g/mol. The van der Waals surface area contributed by atoms with E-state index in [1.165, 1.54) is 24.3 Å². The lowest BCUT2D eigenvalue weighted by molar-refractivity contribution is -0.113. The summed E-state index contributed by atoms with van der Waals surface area (Å²) in [5.41, 5.74) is 0.349. The molecule has 2 heterocycles. The van der Waals surface area contributed by atoms with Crippen molar-refractivity contribution >= 4 is 34.7 Å². The lowest BCUT2D eigenvalue weighted by Crippen LogP contribution is -2.27. The van der Waals surface area contributed by atoms with Gasteiger partial charge in [-0.25, -0.2) is 9.29 Å². The van der Waals surface area contributed by atoms with Crippen molar-refractivity contribution in [1.82, 2.24) is 0 Å². The van der Waals surface area contributed by atoms with Gasteiger partial charge >= 0.3 is 0 Å². The third-order valence-corrected chi connectivity index (χ3v) is 3.82. The summed E-state index contributed by atoms with van der Waals surface area (Å²) in [5, 5.41) is -0.408. The summed E-state index contributed by atoms with van der Waals surface area (Å²) in [6.07, 6.45) is 6.42. The molecule has 0 aliphatic carbocycles. The van der Waals surface area contributed by atoms with Crippen LogP contribution in [0, 0.1) is 5.82 Å². The van der Waals surface area contributed by atoms with Gasteiger partial charge in [-0.1, -0.05) is 6.08 Å². The first-order chi connectivity index (χ1) is 10.6. The Hall–Kier alpha value is -2.60. The van der Waals surface area contributed by atoms with E-state index in [4.69, 9.17) is 4.42 Å². The summed E-state index contributed by atoms with van der Waals surface area (Å²) < 4.78 is 18.0. The number of hydrogen-bond donors (Lipinski definition) is 0. The summed E-state index contributed by atoms with van der Waals surface area (Å²) in [7, 11) is 0. The summed E-state index contributed by atoms with van der Waals surface area (Å²) in [6, 6.07) is 8.73. The molecule has 6 heteroatoms. The second-order valence-corrected chi connectivity index (χ2v) is 5.38. The fraction of sp³-hybridized carbons (Fsp3) is 0. The van der Waals surface area contributed by atoms with Crippen LogP contribution >= 0.6 is 11.8 Å². The minimum atomic E-state index is -0.425. The monoisotopic (exact) mass is 315 g/mol. The molecule has 2 amide bonds. The summed E-state index contributed by atoms with van der Waals surface area (Å²) in [5.74, 6) is -0.202. The zero-order valence-electron chi connectivity index (χ0n) is 11.2. The molecule has 2 aromatic rings. The van der Waals surface area contributed by atoms with E-state index in [0.29, 0.717) is 16.4 Å². The van der Waals surface area contributed by atoms with E-state index in [9.17, 15) is 14.0 Å². The van der Waals surface area contributed by atoms with Crippen LogP contribution in [0.4, 0.5) is 14.9 Å². The van der Waals surface area contributed by atoms with E-state index in [-0.39, 0.29) is 0 Å². The Morgan fingerprint density at radius 1 is 1.14 bits per heavy atom. The topological polar surface area (TPSA) is 50.5 Å². The lowest BCUT2D eigenvalue weighted by Gasteiger charge is -2.11. The molecule has 1 aromatic heterocycles. The first kappa shape index (κ1) is 14.3. The lowest BCUT2D eigenvalue weighted by atomic mass is 10.3. The smallest absolute Gasteiger partial charge is 0.298 e. The van der Waals surface area contributed by atoms with Crippen molar-refractivity contribution < 1.29 is 18.4 Å². The molecule has 0 bridgehead atoms. The largest absolute Gasteiger partial charge is 0.465 e. The Bertz CT molecular complexity index is 763. The molecule has 1 aromatic carbocycles. The number of hydrogen-bond acceptors (Lipinski definition) is 4. The van der Waals surface area contributed by atoms with Gasteiger partial charge in [0.05, 0.1) is 16.9 Å². The number of imide groups is 1. The number of carbonyl (C=O) groups excluding carboxylic acids is 2. The zero-order valence-corrected chi connectivity index (χ0v) is 12.0. The molecule has 0 unspecified atom stereocenters. The van der Waals surface area contributed by atoms with Crippen molar-refractivity contribution in [3.8, 4) is 0 Å². The molecule has 0 radical (unpaired) electrons. The van der Waals surface area contributed by atoms with Crippen LogP contribution in [-0.4, -0.2) is 11.1 Å². The molecular weight excluding hydrogens is 305 g/mol. The number of allylic oxidation sites excluding steroid dienone is 2. The van der Waals surface area contributed by atoms with Crippen LogP contribution < -0.4 is 4.90 Å². The highest BCUT2D eigenvalue weighted by molar-refractivity contribution is 8.18. The van der Waals surface area contributed by atoms with E-state index in [1.807, 2.05) is 0 Å². The van der Waals surface area contributed by atoms with E-state index < -0.39 is 17.0 Å². The van der Waals surface area contributed by atoms with Crippen LogP contribution in [0.3, 0.4) is 0 Å². The van der Waals surface area contributed by atoms with Crippen molar-refractivity contribution in [3.63, 3.8) is 0 Å². The van der Waals surface area contributed by atoms with E-state index in [2.05, 4.69) is 0 Å². The van der Waals surface area contributed by atoms with Gasteiger partial charge in [-0.15, -0.1) is 0 Å². The highest BCUT2D eigenvalue weighted by Gasteiger charge is 2.35. The molecule has 1 aliphatic heterocycles. The van der Waals surface area contributed by atoms with Gasteiger partial charge in [-0.3, -0.25) is 9.59 Å². The van der Waals surface area contributed by atoms with Crippen LogP contribution in [0.15, 0.2) is 64.1 Å². The SMILES string of the molecule is O=C1S/C(=C/C=C/c2ccco2)C(=O)N1c1ccc(F)cc1. The van der Waals surface area contributed by atoms with Crippen molar-refractivity contribution in [2.45, 2.75) is 0 Å². The van der Waals surface area contributed by atoms with Gasteiger partial charge in [0.15, 0.2) is 0 Å². The zero-order chi connectivity index (χ0) is 15.5. The molecule has 22 heavy (non-hydrogen) atoms. The van der Waals surface area contributed by atoms with Gasteiger partial charge in [-0.2, -0.15) is 0 Å². The predicted octanol–water partition coefficient (Wildman–Crippen LogP) is 4.22. The Morgan fingerprint density at radius 2 is 1.91 bits per heavy atom. The fourth-order valence-corrected chi connectivity index (χ4v) is 2.70. The fourth-order valence-electron chi connectivity index (χ4n) is 1.91. The Kier molecular flexibility index (Phi) is 3.93. The molecule has 4 nitrogen and oxygen atoms in total. The van der Waals surface area contributed by atoms with Gasteiger partial charge in [-0.05, 0) is 60.3 Å². The number of anilines is 1. The number of amides is 2. The van der Waals surface area contributed by atoms with Gasteiger partial charge in [0.2, 0.25) is 0 Å². The third kappa shape index (κ3) is 2.87. The van der Waals surface area contributed by atoms with Crippen LogP contribution in [0.1, 0.15) is 5.76 Å². The van der Waals surface area contributed by atoms with Crippen molar-refractivity contribution in [1.29, 1.82) is 0 Å². The first-order valence-electron chi connectivity index (χ1n) is 6.39. The predicted molar refractivity (Wildman–Crippen MR) is 82.7 cm³/mol. The number of carbonyl (C=O) groups is 2. The molecule has 0 atom stereocenters. The minimum absolute atomic E-state index is 0.303. The maximum absolute atomic E-state index is 12.9. The molecule has 1 aliphatic rings. The number of furan rings is 1. The van der Waals surface area contributed by atoms with Crippen molar-refractivity contribution in [3.05, 3.63) is 71.3 Å². The number of benzene rings is 1. The van der Waals surface area contributed by atoms with Crippen LogP contribution in [-0.2, 0) is 4.79 Å². The molecule has 0 N–H and O–H groups in total. The first-order valence-corrected chi connectivity index (χ1v) is 7.20. The normalized spacial score (nSPS) is 17.1. The van der Waals surface area contributed by atoms with Crippen LogP contribution in [0.2, 0.25) is 0 Å². The minimum Gasteiger partial charge on any atom is -0.465 e. The standard InChI is InChI=1S/C16H10FNO3S/c17-11-6-8-12(9-7-11)18-15(19)14(22-16(18)20)5-1-3-13-4-2-10-21-13/h1-10H/b3-1+,14-5+. The Morgan fingerprint density at radius 3 is 2.59 bits per heavy atom. The summed E-state index contributed by atoms with van der Waals surface area (Å²) >= 11 is 0.841.